The van der Waals surface area contributed by atoms with Gasteiger partial charge in [0, 0.05) is 17.6 Å². The summed E-state index contributed by atoms with van der Waals surface area (Å²) in [5.74, 6) is 1.42. The first-order chi connectivity index (χ1) is 10.1. The number of carbonyl (C=O) groups is 1. The first-order valence-electron chi connectivity index (χ1n) is 7.81. The molecule has 1 saturated carbocycles. The second-order valence-corrected chi connectivity index (χ2v) is 6.60. The van der Waals surface area contributed by atoms with Gasteiger partial charge in [0.2, 0.25) is 5.91 Å². The van der Waals surface area contributed by atoms with Crippen molar-refractivity contribution in [3.63, 3.8) is 0 Å². The lowest BCUT2D eigenvalue weighted by Gasteiger charge is -2.34. The third kappa shape index (κ3) is 5.01. The fourth-order valence-corrected chi connectivity index (χ4v) is 3.22. The fraction of sp³-hybridized carbons (Fsp3) is 0.588. The molecule has 1 aromatic carbocycles. The van der Waals surface area contributed by atoms with Crippen molar-refractivity contribution in [3.8, 4) is 0 Å². The average molecular weight is 309 g/mol. The smallest absolute Gasteiger partial charge is 0.234 e. The number of nitrogens with one attached hydrogen (secondary N) is 2. The Hall–Kier alpha value is -1.06. The van der Waals surface area contributed by atoms with E-state index in [2.05, 4.69) is 24.5 Å². The van der Waals surface area contributed by atoms with Crippen molar-refractivity contribution >= 4 is 17.5 Å². The van der Waals surface area contributed by atoms with E-state index in [9.17, 15) is 4.79 Å². The Morgan fingerprint density at radius 3 is 2.90 bits per heavy atom. The lowest BCUT2D eigenvalue weighted by molar-refractivity contribution is -0.120. The molecule has 21 heavy (non-hydrogen) atoms. The lowest BCUT2D eigenvalue weighted by Crippen LogP contribution is -2.45. The molecule has 0 radical (unpaired) electrons. The summed E-state index contributed by atoms with van der Waals surface area (Å²) in [7, 11) is 0. The minimum Gasteiger partial charge on any atom is -0.351 e. The number of amides is 1. The molecule has 116 valence electrons. The topological polar surface area (TPSA) is 41.1 Å². The molecule has 0 spiro atoms. The van der Waals surface area contributed by atoms with Crippen molar-refractivity contribution in [2.45, 2.75) is 45.7 Å². The molecule has 1 aliphatic rings. The van der Waals surface area contributed by atoms with Crippen LogP contribution < -0.4 is 10.6 Å². The summed E-state index contributed by atoms with van der Waals surface area (Å²) in [5, 5.41) is 7.04. The van der Waals surface area contributed by atoms with E-state index >= 15 is 0 Å². The summed E-state index contributed by atoms with van der Waals surface area (Å²) in [6.45, 7) is 5.50. The second kappa shape index (κ2) is 7.81. The van der Waals surface area contributed by atoms with Gasteiger partial charge in [-0.15, -0.1) is 0 Å². The van der Waals surface area contributed by atoms with Crippen molar-refractivity contribution in [2.24, 2.45) is 11.8 Å². The Kier molecular flexibility index (Phi) is 6.07. The molecule has 4 heteroatoms. The van der Waals surface area contributed by atoms with Crippen LogP contribution in [0.15, 0.2) is 24.3 Å². The van der Waals surface area contributed by atoms with Crippen molar-refractivity contribution < 1.29 is 4.79 Å². The Morgan fingerprint density at radius 2 is 2.14 bits per heavy atom. The van der Waals surface area contributed by atoms with E-state index in [0.29, 0.717) is 30.1 Å². The monoisotopic (exact) mass is 308 g/mol. The molecule has 1 aromatic rings. The molecule has 3 atom stereocenters. The number of benzene rings is 1. The number of rotatable bonds is 5. The van der Waals surface area contributed by atoms with Gasteiger partial charge in [-0.2, -0.15) is 0 Å². The Bertz CT molecular complexity index is 478. The summed E-state index contributed by atoms with van der Waals surface area (Å²) < 4.78 is 0. The molecule has 1 fully saturated rings. The zero-order chi connectivity index (χ0) is 15.2. The van der Waals surface area contributed by atoms with Crippen LogP contribution in [0.4, 0.5) is 0 Å². The molecule has 2 N–H and O–H groups in total. The highest BCUT2D eigenvalue weighted by Gasteiger charge is 2.26. The highest BCUT2D eigenvalue weighted by atomic mass is 35.5. The van der Waals surface area contributed by atoms with Crippen LogP contribution in [0.2, 0.25) is 5.02 Å². The molecule has 1 amide bonds. The predicted octanol–water partition coefficient (Wildman–Crippen LogP) is 3.37. The molecule has 0 bridgehead atoms. The standard InChI is InChI=1S/C17H25ClN2O/c1-12-5-3-8-16(13(12)2)19-11-17(21)20-10-14-6-4-7-15(18)9-14/h4,6-7,9,12-13,16,19H,3,5,8,10-11H2,1-2H3,(H,20,21). The van der Waals surface area contributed by atoms with E-state index in [1.165, 1.54) is 19.3 Å². The highest BCUT2D eigenvalue weighted by Crippen LogP contribution is 2.29. The van der Waals surface area contributed by atoms with Gasteiger partial charge in [-0.3, -0.25) is 4.79 Å². The first kappa shape index (κ1) is 16.3. The van der Waals surface area contributed by atoms with Crippen LogP contribution in [0.1, 0.15) is 38.7 Å². The van der Waals surface area contributed by atoms with Gasteiger partial charge in [-0.25, -0.2) is 0 Å². The molecular formula is C17H25ClN2O. The molecule has 1 aliphatic carbocycles. The fourth-order valence-electron chi connectivity index (χ4n) is 3.00. The van der Waals surface area contributed by atoms with Crippen LogP contribution in [0, 0.1) is 11.8 Å². The van der Waals surface area contributed by atoms with Crippen LogP contribution in [-0.2, 0) is 11.3 Å². The zero-order valence-corrected chi connectivity index (χ0v) is 13.6. The van der Waals surface area contributed by atoms with Gasteiger partial charge in [0.25, 0.3) is 0 Å². The van der Waals surface area contributed by atoms with E-state index in [1.54, 1.807) is 0 Å². The maximum atomic E-state index is 11.9. The molecule has 0 aliphatic heterocycles. The van der Waals surface area contributed by atoms with Crippen LogP contribution in [0.3, 0.4) is 0 Å². The number of halogens is 1. The molecule has 0 aromatic heterocycles. The van der Waals surface area contributed by atoms with E-state index in [1.807, 2.05) is 24.3 Å². The van der Waals surface area contributed by atoms with Crippen molar-refractivity contribution in [1.82, 2.24) is 10.6 Å². The number of hydrogen-bond donors (Lipinski definition) is 2. The largest absolute Gasteiger partial charge is 0.351 e. The van der Waals surface area contributed by atoms with Gasteiger partial charge < -0.3 is 10.6 Å². The maximum Gasteiger partial charge on any atom is 0.234 e. The maximum absolute atomic E-state index is 11.9. The molecule has 3 nitrogen and oxygen atoms in total. The van der Waals surface area contributed by atoms with Gasteiger partial charge in [0.1, 0.15) is 0 Å². The van der Waals surface area contributed by atoms with Crippen molar-refractivity contribution in [1.29, 1.82) is 0 Å². The van der Waals surface area contributed by atoms with Crippen LogP contribution in [0.5, 0.6) is 0 Å². The van der Waals surface area contributed by atoms with Crippen molar-refractivity contribution in [3.05, 3.63) is 34.9 Å². The molecule has 0 saturated heterocycles. The molecule has 3 unspecified atom stereocenters. The average Bonchev–Trinajstić information content (AvgIpc) is 2.47. The minimum atomic E-state index is 0.0420. The van der Waals surface area contributed by atoms with E-state index in [-0.39, 0.29) is 5.91 Å². The molecular weight excluding hydrogens is 284 g/mol. The number of carbonyl (C=O) groups excluding carboxylic acids is 1. The third-order valence-corrected chi connectivity index (χ3v) is 4.85. The van der Waals surface area contributed by atoms with Gasteiger partial charge in [0.05, 0.1) is 6.54 Å². The van der Waals surface area contributed by atoms with Gasteiger partial charge in [-0.1, -0.05) is 50.4 Å². The van der Waals surface area contributed by atoms with Gasteiger partial charge >= 0.3 is 0 Å². The summed E-state index contributed by atoms with van der Waals surface area (Å²) >= 11 is 5.93. The quantitative estimate of drug-likeness (QED) is 0.875. The van der Waals surface area contributed by atoms with Crippen molar-refractivity contribution in [2.75, 3.05) is 6.54 Å². The zero-order valence-electron chi connectivity index (χ0n) is 12.9. The van der Waals surface area contributed by atoms with Gasteiger partial charge in [0.15, 0.2) is 0 Å². The third-order valence-electron chi connectivity index (χ3n) is 4.61. The van der Waals surface area contributed by atoms with E-state index in [0.717, 1.165) is 11.5 Å². The molecule has 0 heterocycles. The minimum absolute atomic E-state index is 0.0420. The second-order valence-electron chi connectivity index (χ2n) is 6.16. The Morgan fingerprint density at radius 1 is 1.33 bits per heavy atom. The van der Waals surface area contributed by atoms with E-state index in [4.69, 9.17) is 11.6 Å². The lowest BCUT2D eigenvalue weighted by atomic mass is 9.78. The normalized spacial score (nSPS) is 25.6. The first-order valence-corrected chi connectivity index (χ1v) is 8.18. The summed E-state index contributed by atoms with van der Waals surface area (Å²) in [4.78, 5) is 11.9. The van der Waals surface area contributed by atoms with Crippen LogP contribution >= 0.6 is 11.6 Å². The Labute approximate surface area is 132 Å². The van der Waals surface area contributed by atoms with Gasteiger partial charge in [-0.05, 0) is 36.0 Å². The Balaban J connectivity index is 1.72. The molecule has 2 rings (SSSR count). The summed E-state index contributed by atoms with van der Waals surface area (Å²) in [5.41, 5.74) is 1.02. The highest BCUT2D eigenvalue weighted by molar-refractivity contribution is 6.30. The van der Waals surface area contributed by atoms with Crippen LogP contribution in [0.25, 0.3) is 0 Å². The summed E-state index contributed by atoms with van der Waals surface area (Å²) in [6.07, 6.45) is 3.74. The summed E-state index contributed by atoms with van der Waals surface area (Å²) in [6, 6.07) is 8.03. The van der Waals surface area contributed by atoms with E-state index < -0.39 is 0 Å². The number of hydrogen-bond acceptors (Lipinski definition) is 2. The SMILES string of the molecule is CC1CCCC(NCC(=O)NCc2cccc(Cl)c2)C1C. The predicted molar refractivity (Wildman–Crippen MR) is 87.3 cm³/mol. The van der Waals surface area contributed by atoms with Crippen LogP contribution in [-0.4, -0.2) is 18.5 Å².